The Morgan fingerprint density at radius 2 is 0.836 bits per heavy atom. The van der Waals surface area contributed by atoms with Crippen LogP contribution in [-0.4, -0.2) is 87.5 Å². The number of rotatable bonds is 50. The number of aliphatic hydroxyl groups excluding tert-OH is 5. The Kier molecular flexibility index (Phi) is 45.9. The number of ether oxygens (including phenoxy) is 2. The number of amides is 1. The van der Waals surface area contributed by atoms with E-state index in [2.05, 4.69) is 31.3 Å². The van der Waals surface area contributed by atoms with Gasteiger partial charge in [-0.2, -0.15) is 0 Å². The molecule has 1 aliphatic rings. The van der Waals surface area contributed by atoms with Crippen LogP contribution in [0.15, 0.2) is 24.3 Å². The Morgan fingerprint density at radius 1 is 0.493 bits per heavy atom. The zero-order chi connectivity index (χ0) is 48.7. The molecule has 1 amide bonds. The Hall–Kier alpha value is -1.33. The summed E-state index contributed by atoms with van der Waals surface area (Å²) in [5, 5.41) is 54.5. The SMILES string of the molecule is CCCCCCCCCCCCCC/C=C\CCCCCCCCCCCCCCC(=O)NC(COC1OC(CO)C(O)C(O)C1O)C(O)/C=C/CCCCCCCCCCCCCCCC. The minimum absolute atomic E-state index is 0.173. The monoisotopic (exact) mass is 950 g/mol. The summed E-state index contributed by atoms with van der Waals surface area (Å²) < 4.78 is 11.3. The largest absolute Gasteiger partial charge is 0.394 e. The van der Waals surface area contributed by atoms with Gasteiger partial charge >= 0.3 is 0 Å². The van der Waals surface area contributed by atoms with E-state index in [1.807, 2.05) is 6.08 Å². The Labute approximate surface area is 413 Å². The van der Waals surface area contributed by atoms with E-state index in [9.17, 15) is 30.3 Å². The molecule has 0 aromatic heterocycles. The first-order chi connectivity index (χ1) is 32.8. The van der Waals surface area contributed by atoms with Crippen molar-refractivity contribution < 1.29 is 39.8 Å². The molecular weight excluding hydrogens is 839 g/mol. The molecule has 0 bridgehead atoms. The first kappa shape index (κ1) is 63.7. The Balaban J connectivity index is 2.18. The van der Waals surface area contributed by atoms with Crippen molar-refractivity contribution in [1.29, 1.82) is 0 Å². The molecule has 0 aliphatic carbocycles. The van der Waals surface area contributed by atoms with Gasteiger partial charge in [0.25, 0.3) is 0 Å². The predicted molar refractivity (Wildman–Crippen MR) is 281 cm³/mol. The number of carbonyl (C=O) groups is 1. The topological polar surface area (TPSA) is 149 Å². The first-order valence-electron chi connectivity index (χ1n) is 29.1. The lowest BCUT2D eigenvalue weighted by Gasteiger charge is -2.40. The smallest absolute Gasteiger partial charge is 0.220 e. The molecule has 1 heterocycles. The molecule has 1 aliphatic heterocycles. The van der Waals surface area contributed by atoms with Gasteiger partial charge in [0.15, 0.2) is 6.29 Å². The molecule has 9 nitrogen and oxygen atoms in total. The molecule has 0 aromatic rings. The van der Waals surface area contributed by atoms with Crippen molar-refractivity contribution in [2.45, 2.75) is 326 Å². The predicted octanol–water partition coefficient (Wildman–Crippen LogP) is 14.2. The van der Waals surface area contributed by atoms with Gasteiger partial charge in [-0.1, -0.05) is 256 Å². The van der Waals surface area contributed by atoms with Crippen LogP contribution in [0.1, 0.15) is 284 Å². The van der Waals surface area contributed by atoms with E-state index in [-0.39, 0.29) is 12.5 Å². The summed E-state index contributed by atoms with van der Waals surface area (Å²) in [5.74, 6) is -0.173. The number of hydrogen-bond acceptors (Lipinski definition) is 8. The van der Waals surface area contributed by atoms with E-state index < -0.39 is 49.5 Å². The summed E-state index contributed by atoms with van der Waals surface area (Å²) in [7, 11) is 0. The summed E-state index contributed by atoms with van der Waals surface area (Å²) in [4.78, 5) is 13.0. The van der Waals surface area contributed by atoms with Gasteiger partial charge in [-0.25, -0.2) is 0 Å². The molecule has 9 heteroatoms. The average molecular weight is 951 g/mol. The Bertz CT molecular complexity index is 1100. The first-order valence-corrected chi connectivity index (χ1v) is 29.1. The fraction of sp³-hybridized carbons (Fsp3) is 0.914. The van der Waals surface area contributed by atoms with E-state index in [0.717, 1.165) is 38.5 Å². The molecule has 67 heavy (non-hydrogen) atoms. The third-order valence-electron chi connectivity index (χ3n) is 14.0. The van der Waals surface area contributed by atoms with Crippen LogP contribution < -0.4 is 5.32 Å². The maximum absolute atomic E-state index is 13.0. The van der Waals surface area contributed by atoms with E-state index in [1.54, 1.807) is 6.08 Å². The highest BCUT2D eigenvalue weighted by Crippen LogP contribution is 2.23. The lowest BCUT2D eigenvalue weighted by atomic mass is 9.99. The minimum atomic E-state index is -1.56. The second kappa shape index (κ2) is 48.3. The van der Waals surface area contributed by atoms with Gasteiger partial charge in [0.2, 0.25) is 5.91 Å². The molecule has 6 N–H and O–H groups in total. The third-order valence-corrected chi connectivity index (χ3v) is 14.0. The number of unbranched alkanes of at least 4 members (excludes halogenated alkanes) is 38. The summed E-state index contributed by atoms with van der Waals surface area (Å²) in [6.45, 7) is 3.81. The minimum Gasteiger partial charge on any atom is -0.394 e. The van der Waals surface area contributed by atoms with Gasteiger partial charge in [-0.3, -0.25) is 4.79 Å². The highest BCUT2D eigenvalue weighted by atomic mass is 16.7. The summed E-state index contributed by atoms with van der Waals surface area (Å²) in [5.41, 5.74) is 0. The lowest BCUT2D eigenvalue weighted by Crippen LogP contribution is -2.60. The number of carbonyl (C=O) groups excluding carboxylic acids is 1. The Morgan fingerprint density at radius 3 is 1.21 bits per heavy atom. The zero-order valence-electron chi connectivity index (χ0n) is 43.9. The quantitative estimate of drug-likeness (QED) is 0.0261. The van der Waals surface area contributed by atoms with Crippen LogP contribution in [0.5, 0.6) is 0 Å². The molecule has 1 fully saturated rings. The van der Waals surface area contributed by atoms with Gasteiger partial charge in [0, 0.05) is 6.42 Å². The van der Waals surface area contributed by atoms with Crippen molar-refractivity contribution in [2.24, 2.45) is 0 Å². The van der Waals surface area contributed by atoms with Crippen molar-refractivity contribution in [2.75, 3.05) is 13.2 Å². The summed E-state index contributed by atoms with van der Waals surface area (Å²) in [6, 6.07) is -0.803. The normalized spacial score (nSPS) is 19.8. The maximum Gasteiger partial charge on any atom is 0.220 e. The van der Waals surface area contributed by atoms with Crippen molar-refractivity contribution in [3.05, 3.63) is 24.3 Å². The van der Waals surface area contributed by atoms with Gasteiger partial charge in [0.1, 0.15) is 24.4 Å². The second-order valence-corrected chi connectivity index (χ2v) is 20.4. The van der Waals surface area contributed by atoms with E-state index >= 15 is 0 Å². The zero-order valence-corrected chi connectivity index (χ0v) is 43.9. The second-order valence-electron chi connectivity index (χ2n) is 20.4. The number of hydrogen-bond donors (Lipinski definition) is 6. The van der Waals surface area contributed by atoms with Gasteiger partial charge < -0.3 is 40.3 Å². The van der Waals surface area contributed by atoms with E-state index in [0.29, 0.717) is 6.42 Å². The van der Waals surface area contributed by atoms with Crippen molar-refractivity contribution >= 4 is 5.91 Å². The molecule has 1 rings (SSSR count). The highest BCUT2D eigenvalue weighted by Gasteiger charge is 2.44. The van der Waals surface area contributed by atoms with Gasteiger partial charge in [0.05, 0.1) is 25.4 Å². The van der Waals surface area contributed by atoms with Crippen LogP contribution in [0.3, 0.4) is 0 Å². The van der Waals surface area contributed by atoms with Crippen molar-refractivity contribution in [3.8, 4) is 0 Å². The van der Waals surface area contributed by atoms with Crippen molar-refractivity contribution in [1.82, 2.24) is 5.32 Å². The molecule has 0 spiro atoms. The molecule has 0 radical (unpaired) electrons. The molecule has 396 valence electrons. The van der Waals surface area contributed by atoms with Crippen LogP contribution in [0.2, 0.25) is 0 Å². The maximum atomic E-state index is 13.0. The molecule has 7 atom stereocenters. The van der Waals surface area contributed by atoms with Gasteiger partial charge in [-0.05, 0) is 44.9 Å². The van der Waals surface area contributed by atoms with Crippen LogP contribution in [0.25, 0.3) is 0 Å². The van der Waals surface area contributed by atoms with Crippen LogP contribution in [-0.2, 0) is 14.3 Å². The molecule has 7 unspecified atom stereocenters. The molecule has 0 aromatic carbocycles. The summed E-state index contributed by atoms with van der Waals surface area (Å²) in [6.07, 6.45) is 53.9. The highest BCUT2D eigenvalue weighted by molar-refractivity contribution is 5.76. The van der Waals surface area contributed by atoms with Crippen molar-refractivity contribution in [3.63, 3.8) is 0 Å². The van der Waals surface area contributed by atoms with E-state index in [1.165, 1.54) is 225 Å². The van der Waals surface area contributed by atoms with E-state index in [4.69, 9.17) is 9.47 Å². The third kappa shape index (κ3) is 38.1. The van der Waals surface area contributed by atoms with Crippen LogP contribution in [0.4, 0.5) is 0 Å². The fourth-order valence-corrected chi connectivity index (χ4v) is 9.39. The fourth-order valence-electron chi connectivity index (χ4n) is 9.39. The molecule has 1 saturated heterocycles. The number of nitrogens with one attached hydrogen (secondary N) is 1. The standard InChI is InChI=1S/C58H111NO8/c1-3-5-7-9-11-13-15-17-19-21-22-23-24-25-26-27-28-29-30-31-32-34-36-38-40-42-44-46-48-54(62)59-51(50-66-58-57(65)56(64)55(63)53(49-60)67-58)52(61)47-45-43-41-39-37-35-33-20-18-16-14-12-10-8-6-4-2/h25-26,45,47,51-53,55-58,60-61,63-65H,3-24,27-44,46,48-50H2,1-2H3,(H,59,62)/b26-25-,47-45+. The molecular formula is C58H111NO8. The number of aliphatic hydroxyl groups is 5. The number of allylic oxidation sites excluding steroid dienone is 3. The lowest BCUT2D eigenvalue weighted by molar-refractivity contribution is -0.302. The van der Waals surface area contributed by atoms with Crippen LogP contribution >= 0.6 is 0 Å². The average Bonchev–Trinajstić information content (AvgIpc) is 3.33. The molecule has 0 saturated carbocycles. The van der Waals surface area contributed by atoms with Gasteiger partial charge in [-0.15, -0.1) is 0 Å². The summed E-state index contributed by atoms with van der Waals surface area (Å²) >= 11 is 0. The van der Waals surface area contributed by atoms with Crippen LogP contribution in [0, 0.1) is 0 Å².